The number of aliphatic imine (C=N–C) groups is 1. The van der Waals surface area contributed by atoms with E-state index in [4.69, 9.17) is 15.2 Å². The zero-order valence-corrected chi connectivity index (χ0v) is 16.0. The molecule has 2 aliphatic rings. The number of nitrogens with zero attached hydrogens (tertiary/aromatic N) is 2. The van der Waals surface area contributed by atoms with Gasteiger partial charge >= 0.3 is 6.09 Å². The second-order valence-corrected chi connectivity index (χ2v) is 9.50. The topological polar surface area (TPSA) is 111 Å². The number of nitrogens with two attached hydrogens (primary N) is 1. The predicted octanol–water partition coefficient (Wildman–Crippen LogP) is 1.07. The largest absolute Gasteiger partial charge is 0.444 e. The molecule has 2 heterocycles. The Labute approximate surface area is 149 Å². The molecule has 1 fully saturated rings. The van der Waals surface area contributed by atoms with Gasteiger partial charge in [0.05, 0.1) is 36.7 Å². The SMILES string of the molecule is C[C@H]1CN=C(C(=CN)S(=O)(=O)C2CCOC2)CN1C(=O)OC(C)(C)C. The fourth-order valence-corrected chi connectivity index (χ4v) is 4.41. The van der Waals surface area contributed by atoms with Crippen LogP contribution in [0.25, 0.3) is 0 Å². The fourth-order valence-electron chi connectivity index (χ4n) is 2.72. The number of ether oxygens (including phenoxy) is 2. The van der Waals surface area contributed by atoms with Gasteiger partial charge in [0.1, 0.15) is 10.5 Å². The summed E-state index contributed by atoms with van der Waals surface area (Å²) in [6.07, 6.45) is 1.000. The van der Waals surface area contributed by atoms with Crippen LogP contribution in [-0.4, -0.2) is 68.3 Å². The molecule has 0 aromatic heterocycles. The summed E-state index contributed by atoms with van der Waals surface area (Å²) in [5.41, 5.74) is 5.27. The molecule has 8 nitrogen and oxygen atoms in total. The molecule has 2 N–H and O–H groups in total. The minimum Gasteiger partial charge on any atom is -0.444 e. The van der Waals surface area contributed by atoms with Gasteiger partial charge in [0, 0.05) is 12.8 Å². The van der Waals surface area contributed by atoms with Gasteiger partial charge in [0.2, 0.25) is 0 Å². The van der Waals surface area contributed by atoms with Crippen LogP contribution in [0.1, 0.15) is 34.1 Å². The van der Waals surface area contributed by atoms with Crippen LogP contribution in [0.4, 0.5) is 4.79 Å². The van der Waals surface area contributed by atoms with E-state index in [0.717, 1.165) is 6.20 Å². The van der Waals surface area contributed by atoms with Crippen LogP contribution in [0.2, 0.25) is 0 Å². The molecule has 25 heavy (non-hydrogen) atoms. The highest BCUT2D eigenvalue weighted by molar-refractivity contribution is 7.96. The average molecular weight is 373 g/mol. The maximum atomic E-state index is 12.8. The maximum absolute atomic E-state index is 12.8. The second kappa shape index (κ2) is 7.33. The molecular weight excluding hydrogens is 346 g/mol. The summed E-state index contributed by atoms with van der Waals surface area (Å²) in [7, 11) is -3.65. The average Bonchev–Trinajstić information content (AvgIpc) is 3.02. The summed E-state index contributed by atoms with van der Waals surface area (Å²) >= 11 is 0. The van der Waals surface area contributed by atoms with Gasteiger partial charge in [-0.3, -0.25) is 9.89 Å². The zero-order chi connectivity index (χ0) is 18.8. The van der Waals surface area contributed by atoms with E-state index in [0.29, 0.717) is 25.3 Å². The van der Waals surface area contributed by atoms with E-state index >= 15 is 0 Å². The van der Waals surface area contributed by atoms with Crippen LogP contribution in [0.5, 0.6) is 0 Å². The van der Waals surface area contributed by atoms with E-state index in [1.165, 1.54) is 4.90 Å². The summed E-state index contributed by atoms with van der Waals surface area (Å²) < 4.78 is 36.2. The summed E-state index contributed by atoms with van der Waals surface area (Å²) in [4.78, 5) is 18.2. The molecule has 0 aromatic rings. The smallest absolute Gasteiger partial charge is 0.410 e. The third kappa shape index (κ3) is 4.52. The van der Waals surface area contributed by atoms with Gasteiger partial charge < -0.3 is 15.2 Å². The number of amides is 1. The van der Waals surface area contributed by atoms with Crippen molar-refractivity contribution in [2.75, 3.05) is 26.3 Å². The number of rotatable bonds is 3. The first-order chi connectivity index (χ1) is 11.6. The molecule has 1 amide bonds. The summed E-state index contributed by atoms with van der Waals surface area (Å²) in [5.74, 6) is 0. The van der Waals surface area contributed by atoms with Crippen molar-refractivity contribution in [1.29, 1.82) is 0 Å². The van der Waals surface area contributed by atoms with E-state index in [1.54, 1.807) is 20.8 Å². The Balaban J connectivity index is 2.22. The first kappa shape index (κ1) is 19.7. The highest BCUT2D eigenvalue weighted by atomic mass is 32.2. The second-order valence-electron chi connectivity index (χ2n) is 7.31. The lowest BCUT2D eigenvalue weighted by Gasteiger charge is -2.34. The molecule has 0 saturated carbocycles. The van der Waals surface area contributed by atoms with Crippen molar-refractivity contribution in [2.45, 2.75) is 51.0 Å². The molecule has 0 radical (unpaired) electrons. The van der Waals surface area contributed by atoms with Gasteiger partial charge in [-0.05, 0) is 34.1 Å². The Morgan fingerprint density at radius 1 is 1.44 bits per heavy atom. The monoisotopic (exact) mass is 373 g/mol. The number of sulfone groups is 1. The quantitative estimate of drug-likeness (QED) is 0.792. The minimum absolute atomic E-state index is 0.0246. The van der Waals surface area contributed by atoms with Crippen LogP contribution >= 0.6 is 0 Å². The Kier molecular flexibility index (Phi) is 5.78. The summed E-state index contributed by atoms with van der Waals surface area (Å²) in [6.45, 7) is 8.09. The molecule has 0 aromatic carbocycles. The standard InChI is InChI=1S/C16H27N3O5S/c1-11-8-18-13(9-19(11)15(20)24-16(2,3)4)14(7-17)25(21,22)12-5-6-23-10-12/h7,11-12H,5-6,8-10,17H2,1-4H3/t11-,12?/m0/s1. The third-order valence-corrected chi connectivity index (χ3v) is 6.33. The van der Waals surface area contributed by atoms with Crippen molar-refractivity contribution in [3.8, 4) is 0 Å². The molecule has 1 unspecified atom stereocenters. The van der Waals surface area contributed by atoms with E-state index in [-0.39, 0.29) is 24.1 Å². The highest BCUT2D eigenvalue weighted by Gasteiger charge is 2.38. The normalized spacial score (nSPS) is 25.7. The van der Waals surface area contributed by atoms with Gasteiger partial charge in [0.15, 0.2) is 9.84 Å². The lowest BCUT2D eigenvalue weighted by atomic mass is 10.2. The first-order valence-corrected chi connectivity index (χ1v) is 9.87. The lowest BCUT2D eigenvalue weighted by Crippen LogP contribution is -2.49. The van der Waals surface area contributed by atoms with Crippen molar-refractivity contribution >= 4 is 21.6 Å². The van der Waals surface area contributed by atoms with Crippen LogP contribution < -0.4 is 5.73 Å². The molecule has 0 bridgehead atoms. The molecule has 2 atom stereocenters. The van der Waals surface area contributed by atoms with Crippen molar-refractivity contribution < 1.29 is 22.7 Å². The Morgan fingerprint density at radius 3 is 2.64 bits per heavy atom. The van der Waals surface area contributed by atoms with Gasteiger partial charge in [-0.15, -0.1) is 0 Å². The highest BCUT2D eigenvalue weighted by Crippen LogP contribution is 2.24. The number of carbonyl (C=O) groups excluding carboxylic acids is 1. The van der Waals surface area contributed by atoms with Crippen molar-refractivity contribution in [2.24, 2.45) is 10.7 Å². The number of hydrogen-bond donors (Lipinski definition) is 1. The van der Waals surface area contributed by atoms with Crippen molar-refractivity contribution in [3.63, 3.8) is 0 Å². The summed E-state index contributed by atoms with van der Waals surface area (Å²) in [6, 6.07) is -0.185. The minimum atomic E-state index is -3.65. The van der Waals surface area contributed by atoms with Gasteiger partial charge in [-0.25, -0.2) is 13.2 Å². The lowest BCUT2D eigenvalue weighted by molar-refractivity contribution is 0.0209. The Morgan fingerprint density at radius 2 is 2.12 bits per heavy atom. The van der Waals surface area contributed by atoms with Crippen molar-refractivity contribution in [3.05, 3.63) is 11.1 Å². The first-order valence-electron chi connectivity index (χ1n) is 8.33. The van der Waals surface area contributed by atoms with Gasteiger partial charge in [0.25, 0.3) is 0 Å². The Bertz CT molecular complexity index is 672. The van der Waals surface area contributed by atoms with E-state index in [2.05, 4.69) is 4.99 Å². The molecule has 2 rings (SSSR count). The molecule has 2 aliphatic heterocycles. The predicted molar refractivity (Wildman–Crippen MR) is 95.1 cm³/mol. The maximum Gasteiger partial charge on any atom is 0.410 e. The molecule has 0 aliphatic carbocycles. The van der Waals surface area contributed by atoms with E-state index in [1.807, 2.05) is 6.92 Å². The van der Waals surface area contributed by atoms with Gasteiger partial charge in [-0.1, -0.05) is 0 Å². The number of hydrogen-bond acceptors (Lipinski definition) is 7. The van der Waals surface area contributed by atoms with Gasteiger partial charge in [-0.2, -0.15) is 0 Å². The molecule has 0 spiro atoms. The molecule has 142 valence electrons. The van der Waals surface area contributed by atoms with E-state index in [9.17, 15) is 13.2 Å². The molecular formula is C16H27N3O5S. The molecule has 1 saturated heterocycles. The van der Waals surface area contributed by atoms with Crippen LogP contribution in [0.3, 0.4) is 0 Å². The van der Waals surface area contributed by atoms with E-state index < -0.39 is 26.8 Å². The fraction of sp³-hybridized carbons (Fsp3) is 0.750. The van der Waals surface area contributed by atoms with Crippen molar-refractivity contribution in [1.82, 2.24) is 4.90 Å². The summed E-state index contributed by atoms with van der Waals surface area (Å²) in [5, 5.41) is -0.626. The van der Waals surface area contributed by atoms with Crippen LogP contribution in [0, 0.1) is 0 Å². The Hall–Kier alpha value is -1.61. The zero-order valence-electron chi connectivity index (χ0n) is 15.2. The number of carbonyl (C=O) groups is 1. The molecule has 9 heteroatoms. The third-order valence-electron chi connectivity index (χ3n) is 4.10. The van der Waals surface area contributed by atoms with Crippen LogP contribution in [-0.2, 0) is 19.3 Å². The van der Waals surface area contributed by atoms with Crippen LogP contribution in [0.15, 0.2) is 16.1 Å².